The Bertz CT molecular complexity index is 368. The maximum atomic E-state index is 12.0. The minimum absolute atomic E-state index is 0.0353. The van der Waals surface area contributed by atoms with E-state index in [0.717, 1.165) is 18.4 Å². The Morgan fingerprint density at radius 1 is 1.32 bits per heavy atom. The average Bonchev–Trinajstić information content (AvgIpc) is 2.72. The maximum Gasteiger partial charge on any atom is 0.410 e. The molecule has 0 spiro atoms. The minimum Gasteiger partial charge on any atom is -0.444 e. The van der Waals surface area contributed by atoms with Gasteiger partial charge < -0.3 is 9.64 Å². The summed E-state index contributed by atoms with van der Waals surface area (Å²) in [5.41, 5.74) is 0.536. The molecule has 19 heavy (non-hydrogen) atoms. The van der Waals surface area contributed by atoms with Crippen molar-refractivity contribution in [1.82, 2.24) is 4.90 Å². The molecule has 0 aliphatic carbocycles. The molecule has 0 radical (unpaired) electrons. The Morgan fingerprint density at radius 3 is 2.47 bits per heavy atom. The molecule has 0 N–H and O–H groups in total. The molecule has 1 aliphatic rings. The van der Waals surface area contributed by atoms with Crippen LogP contribution in [0.1, 0.15) is 47.0 Å². The lowest BCUT2D eigenvalue weighted by molar-refractivity contribution is -0.122. The minimum atomic E-state index is -0.487. The van der Waals surface area contributed by atoms with E-state index in [1.54, 1.807) is 4.90 Å². The number of nitrogens with zero attached hydrogens (tertiary/aromatic N) is 1. The first-order valence-corrected chi connectivity index (χ1v) is 6.84. The molecule has 1 atom stereocenters. The topological polar surface area (TPSA) is 46.6 Å². The molecule has 4 heteroatoms. The van der Waals surface area contributed by atoms with Crippen molar-refractivity contribution >= 4 is 11.9 Å². The fourth-order valence-electron chi connectivity index (χ4n) is 2.06. The molecule has 108 valence electrons. The van der Waals surface area contributed by atoms with Gasteiger partial charge in [-0.05, 0) is 40.5 Å². The zero-order chi connectivity index (χ0) is 14.6. The number of hydrogen-bond acceptors (Lipinski definition) is 3. The molecule has 4 nitrogen and oxygen atoms in total. The number of amides is 1. The lowest BCUT2D eigenvalue weighted by Gasteiger charge is -2.24. The number of likely N-dealkylation sites (tertiary alicyclic amines) is 1. The van der Waals surface area contributed by atoms with Gasteiger partial charge in [0, 0.05) is 25.4 Å². The Morgan fingerprint density at radius 2 is 1.95 bits per heavy atom. The molecule has 0 aromatic carbocycles. The molecule has 1 rings (SSSR count). The lowest BCUT2D eigenvalue weighted by atomic mass is 9.98. The Labute approximate surface area is 115 Å². The third-order valence-corrected chi connectivity index (χ3v) is 3.09. The number of carbonyl (C=O) groups excluding carboxylic acids is 2. The molecule has 1 saturated heterocycles. The van der Waals surface area contributed by atoms with Crippen LogP contribution in [0.4, 0.5) is 4.79 Å². The van der Waals surface area contributed by atoms with E-state index in [1.165, 1.54) is 0 Å². The number of ether oxygens (including phenoxy) is 1. The van der Waals surface area contributed by atoms with E-state index < -0.39 is 5.60 Å². The molecule has 1 heterocycles. The van der Waals surface area contributed by atoms with Gasteiger partial charge in [0.25, 0.3) is 0 Å². The van der Waals surface area contributed by atoms with Crippen molar-refractivity contribution in [3.05, 3.63) is 12.2 Å². The van der Waals surface area contributed by atoms with Gasteiger partial charge in [0.1, 0.15) is 11.4 Å². The van der Waals surface area contributed by atoms with Gasteiger partial charge in [0.2, 0.25) is 0 Å². The number of rotatable bonds is 4. The van der Waals surface area contributed by atoms with Gasteiger partial charge in [0.15, 0.2) is 0 Å². The molecule has 0 aromatic heterocycles. The quantitative estimate of drug-likeness (QED) is 0.735. The number of ketones is 1. The van der Waals surface area contributed by atoms with Gasteiger partial charge in [-0.15, -0.1) is 6.58 Å². The van der Waals surface area contributed by atoms with Crippen LogP contribution in [-0.4, -0.2) is 35.5 Å². The van der Waals surface area contributed by atoms with Gasteiger partial charge in [0.05, 0.1) is 0 Å². The van der Waals surface area contributed by atoms with E-state index in [0.29, 0.717) is 19.5 Å². The Balaban J connectivity index is 2.43. The Kier molecular flexibility index (Phi) is 5.15. The van der Waals surface area contributed by atoms with Crippen molar-refractivity contribution in [3.8, 4) is 0 Å². The summed E-state index contributed by atoms with van der Waals surface area (Å²) < 4.78 is 5.31. The van der Waals surface area contributed by atoms with Crippen molar-refractivity contribution in [2.24, 2.45) is 5.92 Å². The van der Waals surface area contributed by atoms with Crippen LogP contribution in [0.3, 0.4) is 0 Å². The summed E-state index contributed by atoms with van der Waals surface area (Å²) in [6, 6.07) is 0. The molecular formula is C15H25NO3. The van der Waals surface area contributed by atoms with Gasteiger partial charge in [-0.1, -0.05) is 5.57 Å². The standard InChI is InChI=1S/C15H25NO3/c1-11(2)6-7-13(17)12-8-9-16(10-12)14(18)19-15(3,4)5/h12H,1,6-10H2,2-5H3. The van der Waals surface area contributed by atoms with E-state index in [2.05, 4.69) is 6.58 Å². The van der Waals surface area contributed by atoms with E-state index >= 15 is 0 Å². The van der Waals surface area contributed by atoms with Crippen molar-refractivity contribution in [2.75, 3.05) is 13.1 Å². The van der Waals surface area contributed by atoms with Gasteiger partial charge in [-0.3, -0.25) is 4.79 Å². The van der Waals surface area contributed by atoms with E-state index in [-0.39, 0.29) is 17.8 Å². The SMILES string of the molecule is C=C(C)CCC(=O)C1CCN(C(=O)OC(C)(C)C)C1. The molecule has 1 unspecified atom stereocenters. The van der Waals surface area contributed by atoms with Crippen LogP contribution in [-0.2, 0) is 9.53 Å². The number of Topliss-reactive ketones (excluding diaryl/α,β-unsaturated/α-hetero) is 1. The zero-order valence-electron chi connectivity index (χ0n) is 12.5. The molecular weight excluding hydrogens is 242 g/mol. The highest BCUT2D eigenvalue weighted by Gasteiger charge is 2.32. The smallest absolute Gasteiger partial charge is 0.410 e. The first-order chi connectivity index (χ1) is 8.69. The summed E-state index contributed by atoms with van der Waals surface area (Å²) in [5, 5.41) is 0. The Hall–Kier alpha value is -1.32. The fraction of sp³-hybridized carbons (Fsp3) is 0.733. The second-order valence-corrected chi connectivity index (χ2v) is 6.34. The van der Waals surface area contributed by atoms with Crippen LogP contribution in [0.15, 0.2) is 12.2 Å². The predicted octanol–water partition coefficient (Wildman–Crippen LogP) is 3.17. The van der Waals surface area contributed by atoms with Crippen molar-refractivity contribution in [1.29, 1.82) is 0 Å². The summed E-state index contributed by atoms with van der Waals surface area (Å²) in [7, 11) is 0. The maximum absolute atomic E-state index is 12.0. The third kappa shape index (κ3) is 5.45. The van der Waals surface area contributed by atoms with Crippen molar-refractivity contribution in [3.63, 3.8) is 0 Å². The summed E-state index contributed by atoms with van der Waals surface area (Å²) >= 11 is 0. The highest BCUT2D eigenvalue weighted by atomic mass is 16.6. The monoisotopic (exact) mass is 267 g/mol. The number of carbonyl (C=O) groups is 2. The summed E-state index contributed by atoms with van der Waals surface area (Å²) in [6.45, 7) is 12.4. The van der Waals surface area contributed by atoms with Crippen LogP contribution >= 0.6 is 0 Å². The van der Waals surface area contributed by atoms with E-state index in [9.17, 15) is 9.59 Å². The summed E-state index contributed by atoms with van der Waals surface area (Å²) in [4.78, 5) is 25.5. The van der Waals surface area contributed by atoms with Crippen molar-refractivity contribution < 1.29 is 14.3 Å². The second-order valence-electron chi connectivity index (χ2n) is 6.34. The third-order valence-electron chi connectivity index (χ3n) is 3.09. The highest BCUT2D eigenvalue weighted by Crippen LogP contribution is 2.22. The molecule has 1 aliphatic heterocycles. The highest BCUT2D eigenvalue weighted by molar-refractivity contribution is 5.82. The zero-order valence-corrected chi connectivity index (χ0v) is 12.5. The lowest BCUT2D eigenvalue weighted by Crippen LogP contribution is -2.35. The van der Waals surface area contributed by atoms with E-state index in [1.807, 2.05) is 27.7 Å². The second kappa shape index (κ2) is 6.22. The first-order valence-electron chi connectivity index (χ1n) is 6.84. The number of allylic oxidation sites excluding steroid dienone is 1. The summed E-state index contributed by atoms with van der Waals surface area (Å²) in [6.07, 6.45) is 1.70. The van der Waals surface area contributed by atoms with Crippen LogP contribution < -0.4 is 0 Å². The van der Waals surface area contributed by atoms with Crippen LogP contribution in [0.2, 0.25) is 0 Å². The average molecular weight is 267 g/mol. The van der Waals surface area contributed by atoms with Gasteiger partial charge >= 0.3 is 6.09 Å². The summed E-state index contributed by atoms with van der Waals surface area (Å²) in [5.74, 6) is 0.195. The molecule has 0 bridgehead atoms. The molecule has 1 fully saturated rings. The van der Waals surface area contributed by atoms with Gasteiger partial charge in [-0.25, -0.2) is 4.79 Å². The molecule has 0 saturated carbocycles. The van der Waals surface area contributed by atoms with Crippen LogP contribution in [0, 0.1) is 5.92 Å². The molecule has 0 aromatic rings. The predicted molar refractivity (Wildman–Crippen MR) is 75.0 cm³/mol. The first kappa shape index (κ1) is 15.7. The normalized spacial score (nSPS) is 19.4. The largest absolute Gasteiger partial charge is 0.444 e. The number of hydrogen-bond donors (Lipinski definition) is 0. The molecule has 1 amide bonds. The van der Waals surface area contributed by atoms with E-state index in [4.69, 9.17) is 4.74 Å². The fourth-order valence-corrected chi connectivity index (χ4v) is 2.06. The van der Waals surface area contributed by atoms with Crippen LogP contribution in [0.5, 0.6) is 0 Å². The van der Waals surface area contributed by atoms with Gasteiger partial charge in [-0.2, -0.15) is 0 Å². The van der Waals surface area contributed by atoms with Crippen molar-refractivity contribution in [2.45, 2.75) is 52.6 Å². The van der Waals surface area contributed by atoms with Crippen LogP contribution in [0.25, 0.3) is 0 Å².